The first-order chi connectivity index (χ1) is 6.33. The number of hydrogen-bond acceptors (Lipinski definition) is 3. The zero-order valence-electron chi connectivity index (χ0n) is 8.31. The van der Waals surface area contributed by atoms with Gasteiger partial charge in [-0.3, -0.25) is 0 Å². The lowest BCUT2D eigenvalue weighted by Crippen LogP contribution is -2.25. The quantitative estimate of drug-likeness (QED) is 0.604. The monoisotopic (exact) mass is 182 g/mol. The molecule has 1 rings (SSSR count). The molecule has 74 valence electrons. The molecule has 1 saturated carbocycles. The Morgan fingerprint density at radius 1 is 1.54 bits per heavy atom. The van der Waals surface area contributed by atoms with Gasteiger partial charge in [0.1, 0.15) is 0 Å². The zero-order chi connectivity index (χ0) is 9.57. The Hall–Kier alpha value is -0.590. The van der Waals surface area contributed by atoms with Gasteiger partial charge in [0, 0.05) is 33.2 Å². The first-order valence-corrected chi connectivity index (χ1v) is 4.90. The number of nitriles is 1. The molecule has 0 radical (unpaired) electrons. The van der Waals surface area contributed by atoms with Gasteiger partial charge in [-0.2, -0.15) is 5.26 Å². The predicted molar refractivity (Wildman–Crippen MR) is 51.3 cm³/mol. The maximum Gasteiger partial charge on any atom is 0.0635 e. The van der Waals surface area contributed by atoms with E-state index in [-0.39, 0.29) is 0 Å². The maximum absolute atomic E-state index is 8.34. The minimum atomic E-state index is 0.505. The molecule has 1 fully saturated rings. The summed E-state index contributed by atoms with van der Waals surface area (Å²) in [6.07, 6.45) is 4.40. The molecule has 0 aromatic rings. The van der Waals surface area contributed by atoms with Crippen LogP contribution in [0.2, 0.25) is 0 Å². The van der Waals surface area contributed by atoms with E-state index in [1.807, 2.05) is 0 Å². The standard InChI is InChI=1S/C10H18N2O/c1-13-8-5-10(3-4-10)9-12-7-2-6-11/h12H,2-5,7-9H2,1H3. The van der Waals surface area contributed by atoms with Crippen LogP contribution in [0.1, 0.15) is 25.7 Å². The van der Waals surface area contributed by atoms with Crippen LogP contribution in [0.15, 0.2) is 0 Å². The van der Waals surface area contributed by atoms with Crippen LogP contribution in [0.4, 0.5) is 0 Å². The number of nitrogens with one attached hydrogen (secondary N) is 1. The molecule has 0 atom stereocenters. The van der Waals surface area contributed by atoms with Gasteiger partial charge in [0.2, 0.25) is 0 Å². The normalized spacial score (nSPS) is 18.2. The molecule has 0 saturated heterocycles. The Morgan fingerprint density at radius 2 is 2.31 bits per heavy atom. The van der Waals surface area contributed by atoms with Gasteiger partial charge in [0.05, 0.1) is 6.07 Å². The summed E-state index contributed by atoms with van der Waals surface area (Å²) < 4.78 is 5.07. The number of rotatable bonds is 7. The van der Waals surface area contributed by atoms with Crippen LogP contribution >= 0.6 is 0 Å². The van der Waals surface area contributed by atoms with E-state index < -0.39 is 0 Å². The van der Waals surface area contributed by atoms with Crippen molar-refractivity contribution >= 4 is 0 Å². The second kappa shape index (κ2) is 5.21. The second-order valence-electron chi connectivity index (χ2n) is 3.83. The molecule has 3 nitrogen and oxygen atoms in total. The summed E-state index contributed by atoms with van der Waals surface area (Å²) in [5.74, 6) is 0. The van der Waals surface area contributed by atoms with E-state index in [0.717, 1.165) is 26.1 Å². The molecule has 3 heteroatoms. The van der Waals surface area contributed by atoms with Crippen LogP contribution < -0.4 is 5.32 Å². The van der Waals surface area contributed by atoms with E-state index in [9.17, 15) is 0 Å². The highest BCUT2D eigenvalue weighted by molar-refractivity contribution is 4.94. The van der Waals surface area contributed by atoms with Crippen molar-refractivity contribution in [1.29, 1.82) is 5.26 Å². The van der Waals surface area contributed by atoms with Crippen molar-refractivity contribution in [3.8, 4) is 6.07 Å². The van der Waals surface area contributed by atoms with Crippen LogP contribution in [0.25, 0.3) is 0 Å². The van der Waals surface area contributed by atoms with Crippen molar-refractivity contribution in [2.24, 2.45) is 5.41 Å². The third kappa shape index (κ3) is 3.75. The fraction of sp³-hybridized carbons (Fsp3) is 0.900. The van der Waals surface area contributed by atoms with Gasteiger partial charge in [-0.25, -0.2) is 0 Å². The summed E-state index contributed by atoms with van der Waals surface area (Å²) in [4.78, 5) is 0. The van der Waals surface area contributed by atoms with E-state index in [1.54, 1.807) is 7.11 Å². The second-order valence-corrected chi connectivity index (χ2v) is 3.83. The minimum Gasteiger partial charge on any atom is -0.385 e. The van der Waals surface area contributed by atoms with Crippen LogP contribution in [0, 0.1) is 16.7 Å². The SMILES string of the molecule is COCCC1(CNCCC#N)CC1. The van der Waals surface area contributed by atoms with Gasteiger partial charge < -0.3 is 10.1 Å². The first kappa shape index (κ1) is 10.5. The summed E-state index contributed by atoms with van der Waals surface area (Å²) >= 11 is 0. The fourth-order valence-corrected chi connectivity index (χ4v) is 1.51. The number of methoxy groups -OCH3 is 1. The highest BCUT2D eigenvalue weighted by Crippen LogP contribution is 2.48. The third-order valence-electron chi connectivity index (χ3n) is 2.71. The summed E-state index contributed by atoms with van der Waals surface area (Å²) in [5.41, 5.74) is 0.505. The lowest BCUT2D eigenvalue weighted by molar-refractivity contribution is 0.171. The smallest absolute Gasteiger partial charge is 0.0635 e. The van der Waals surface area contributed by atoms with E-state index in [2.05, 4.69) is 11.4 Å². The molecule has 0 aliphatic heterocycles. The maximum atomic E-state index is 8.34. The van der Waals surface area contributed by atoms with Crippen molar-refractivity contribution in [2.75, 3.05) is 26.8 Å². The van der Waals surface area contributed by atoms with Crippen molar-refractivity contribution in [3.05, 3.63) is 0 Å². The summed E-state index contributed by atoms with van der Waals surface area (Å²) in [5, 5.41) is 11.7. The molecule has 0 heterocycles. The Balaban J connectivity index is 2.03. The molecule has 0 aromatic carbocycles. The Kier molecular flexibility index (Phi) is 4.20. The zero-order valence-corrected chi connectivity index (χ0v) is 8.31. The van der Waals surface area contributed by atoms with Gasteiger partial charge in [-0.15, -0.1) is 0 Å². The van der Waals surface area contributed by atoms with Crippen LogP contribution in [-0.2, 0) is 4.74 Å². The highest BCUT2D eigenvalue weighted by Gasteiger charge is 2.41. The molecule has 0 aromatic heterocycles. The van der Waals surface area contributed by atoms with Crippen LogP contribution in [-0.4, -0.2) is 26.8 Å². The third-order valence-corrected chi connectivity index (χ3v) is 2.71. The van der Waals surface area contributed by atoms with E-state index in [0.29, 0.717) is 11.8 Å². The summed E-state index contributed by atoms with van der Waals surface area (Å²) in [6, 6.07) is 2.13. The number of hydrogen-bond donors (Lipinski definition) is 1. The summed E-state index contributed by atoms with van der Waals surface area (Å²) in [7, 11) is 1.75. The fourth-order valence-electron chi connectivity index (χ4n) is 1.51. The topological polar surface area (TPSA) is 45.0 Å². The van der Waals surface area contributed by atoms with E-state index >= 15 is 0 Å². The Bertz CT molecular complexity index is 182. The number of nitrogens with zero attached hydrogens (tertiary/aromatic N) is 1. The molecule has 0 spiro atoms. The molecule has 1 aliphatic rings. The predicted octanol–water partition coefficient (Wildman–Crippen LogP) is 1.31. The molecule has 1 N–H and O–H groups in total. The molecule has 0 unspecified atom stereocenters. The minimum absolute atomic E-state index is 0.505. The van der Waals surface area contributed by atoms with Gasteiger partial charge in [0.15, 0.2) is 0 Å². The van der Waals surface area contributed by atoms with E-state index in [4.69, 9.17) is 10.00 Å². The molecule has 1 aliphatic carbocycles. The molecule has 0 amide bonds. The average Bonchev–Trinajstić information content (AvgIpc) is 2.91. The Morgan fingerprint density at radius 3 is 2.85 bits per heavy atom. The van der Waals surface area contributed by atoms with Crippen molar-refractivity contribution < 1.29 is 4.74 Å². The molecular weight excluding hydrogens is 164 g/mol. The summed E-state index contributed by atoms with van der Waals surface area (Å²) in [6.45, 7) is 2.74. The molecule has 0 bridgehead atoms. The van der Waals surface area contributed by atoms with Crippen molar-refractivity contribution in [2.45, 2.75) is 25.7 Å². The van der Waals surface area contributed by atoms with Gasteiger partial charge in [-0.1, -0.05) is 0 Å². The largest absolute Gasteiger partial charge is 0.385 e. The van der Waals surface area contributed by atoms with Gasteiger partial charge >= 0.3 is 0 Å². The Labute approximate surface area is 80.1 Å². The molecular formula is C10H18N2O. The average molecular weight is 182 g/mol. The molecule has 13 heavy (non-hydrogen) atoms. The van der Waals surface area contributed by atoms with Gasteiger partial charge in [-0.05, 0) is 24.7 Å². The van der Waals surface area contributed by atoms with Crippen LogP contribution in [0.5, 0.6) is 0 Å². The van der Waals surface area contributed by atoms with Crippen molar-refractivity contribution in [3.63, 3.8) is 0 Å². The lowest BCUT2D eigenvalue weighted by atomic mass is 10.0. The van der Waals surface area contributed by atoms with E-state index in [1.165, 1.54) is 12.8 Å². The van der Waals surface area contributed by atoms with Crippen molar-refractivity contribution in [1.82, 2.24) is 5.32 Å². The highest BCUT2D eigenvalue weighted by atomic mass is 16.5. The van der Waals surface area contributed by atoms with Crippen LogP contribution in [0.3, 0.4) is 0 Å². The number of ether oxygens (including phenoxy) is 1. The van der Waals surface area contributed by atoms with Gasteiger partial charge in [0.25, 0.3) is 0 Å². The first-order valence-electron chi connectivity index (χ1n) is 4.90. The lowest BCUT2D eigenvalue weighted by Gasteiger charge is -2.14.